The molecule has 0 spiro atoms. The Labute approximate surface area is 90.9 Å². The van der Waals surface area contributed by atoms with Crippen molar-refractivity contribution in [2.75, 3.05) is 19.0 Å². The number of rotatable bonds is 4. The molecule has 0 aromatic heterocycles. The van der Waals surface area contributed by atoms with E-state index in [9.17, 15) is 4.79 Å². The van der Waals surface area contributed by atoms with Crippen molar-refractivity contribution in [1.29, 1.82) is 0 Å². The normalized spacial score (nSPS) is 12.2. The van der Waals surface area contributed by atoms with Crippen molar-refractivity contribution >= 4 is 11.6 Å². The summed E-state index contributed by atoms with van der Waals surface area (Å²) in [5.41, 5.74) is 7.47. The van der Waals surface area contributed by atoms with E-state index in [4.69, 9.17) is 5.73 Å². The molecule has 0 radical (unpaired) electrons. The van der Waals surface area contributed by atoms with E-state index < -0.39 is 0 Å². The van der Waals surface area contributed by atoms with Gasteiger partial charge in [0.2, 0.25) is 5.91 Å². The lowest BCUT2D eigenvalue weighted by atomic mass is 9.97. The van der Waals surface area contributed by atoms with Crippen molar-refractivity contribution in [3.05, 3.63) is 29.8 Å². The van der Waals surface area contributed by atoms with E-state index in [2.05, 4.69) is 0 Å². The Balaban J connectivity index is 2.75. The molecule has 1 atom stereocenters. The molecule has 1 unspecified atom stereocenters. The molecule has 1 aromatic carbocycles. The number of nitrogens with zero attached hydrogens (tertiary/aromatic N) is 1. The first-order chi connectivity index (χ1) is 7.00. The lowest BCUT2D eigenvalue weighted by molar-refractivity contribution is -0.118. The maximum atomic E-state index is 10.8. The number of primary amides is 1. The molecule has 2 N–H and O–H groups in total. The minimum atomic E-state index is -0.251. The third kappa shape index (κ3) is 3.27. The summed E-state index contributed by atoms with van der Waals surface area (Å²) in [6.07, 6.45) is 0.404. The number of benzene rings is 1. The van der Waals surface area contributed by atoms with Crippen molar-refractivity contribution in [3.8, 4) is 0 Å². The summed E-state index contributed by atoms with van der Waals surface area (Å²) in [6, 6.07) is 8.19. The van der Waals surface area contributed by atoms with E-state index in [1.807, 2.05) is 50.2 Å². The quantitative estimate of drug-likeness (QED) is 0.815. The maximum absolute atomic E-state index is 10.8. The summed E-state index contributed by atoms with van der Waals surface area (Å²) >= 11 is 0. The van der Waals surface area contributed by atoms with Crippen LogP contribution >= 0.6 is 0 Å². The van der Waals surface area contributed by atoms with Gasteiger partial charge in [-0.05, 0) is 23.6 Å². The van der Waals surface area contributed by atoms with Crippen molar-refractivity contribution in [2.24, 2.45) is 5.73 Å². The summed E-state index contributed by atoms with van der Waals surface area (Å²) in [5.74, 6) is -0.0575. The Morgan fingerprint density at radius 3 is 2.27 bits per heavy atom. The van der Waals surface area contributed by atoms with Gasteiger partial charge in [0.1, 0.15) is 0 Å². The Bertz CT molecular complexity index is 330. The highest BCUT2D eigenvalue weighted by molar-refractivity contribution is 5.74. The Hall–Kier alpha value is -1.51. The van der Waals surface area contributed by atoms with Crippen LogP contribution in [0.4, 0.5) is 5.69 Å². The number of anilines is 1. The molecule has 0 saturated heterocycles. The third-order valence-electron chi connectivity index (χ3n) is 2.49. The van der Waals surface area contributed by atoms with Crippen LogP contribution in [0.25, 0.3) is 0 Å². The average molecular weight is 206 g/mol. The molecular formula is C12H18N2O. The molecule has 0 bridgehead atoms. The number of carbonyl (C=O) groups excluding carboxylic acids is 1. The Kier molecular flexibility index (Phi) is 3.72. The molecule has 0 aliphatic carbocycles. The second-order valence-corrected chi connectivity index (χ2v) is 4.06. The summed E-state index contributed by atoms with van der Waals surface area (Å²) in [4.78, 5) is 12.8. The van der Waals surface area contributed by atoms with Crippen molar-refractivity contribution in [3.63, 3.8) is 0 Å². The van der Waals surface area contributed by atoms with Crippen LogP contribution in [0, 0.1) is 0 Å². The highest BCUT2D eigenvalue weighted by Gasteiger charge is 2.08. The third-order valence-corrected chi connectivity index (χ3v) is 2.49. The highest BCUT2D eigenvalue weighted by Crippen LogP contribution is 2.21. The lowest BCUT2D eigenvalue weighted by Gasteiger charge is -2.14. The molecule has 1 aromatic rings. The van der Waals surface area contributed by atoms with E-state index >= 15 is 0 Å². The number of amides is 1. The summed E-state index contributed by atoms with van der Waals surface area (Å²) in [7, 11) is 4.00. The van der Waals surface area contributed by atoms with Gasteiger partial charge in [-0.3, -0.25) is 4.79 Å². The molecule has 0 fully saturated rings. The fourth-order valence-corrected chi connectivity index (χ4v) is 1.52. The van der Waals surface area contributed by atoms with Gasteiger partial charge in [-0.1, -0.05) is 19.1 Å². The summed E-state index contributed by atoms with van der Waals surface area (Å²) in [5, 5.41) is 0. The number of hydrogen-bond donors (Lipinski definition) is 1. The maximum Gasteiger partial charge on any atom is 0.218 e. The molecule has 82 valence electrons. The predicted octanol–water partition coefficient (Wildman–Crippen LogP) is 1.73. The van der Waals surface area contributed by atoms with Crippen LogP contribution in [-0.4, -0.2) is 20.0 Å². The molecular weight excluding hydrogens is 188 g/mol. The van der Waals surface area contributed by atoms with E-state index in [0.717, 1.165) is 11.3 Å². The number of hydrogen-bond acceptors (Lipinski definition) is 2. The molecule has 1 amide bonds. The Morgan fingerprint density at radius 2 is 1.87 bits per heavy atom. The average Bonchev–Trinajstić information content (AvgIpc) is 2.17. The van der Waals surface area contributed by atoms with E-state index in [-0.39, 0.29) is 11.8 Å². The van der Waals surface area contributed by atoms with Gasteiger partial charge in [0.05, 0.1) is 0 Å². The van der Waals surface area contributed by atoms with Gasteiger partial charge in [-0.15, -0.1) is 0 Å². The second kappa shape index (κ2) is 4.82. The van der Waals surface area contributed by atoms with Gasteiger partial charge in [0.15, 0.2) is 0 Å². The van der Waals surface area contributed by atoms with Crippen LogP contribution in [-0.2, 0) is 4.79 Å². The van der Waals surface area contributed by atoms with Crippen LogP contribution in [0.3, 0.4) is 0 Å². The lowest BCUT2D eigenvalue weighted by Crippen LogP contribution is -2.14. The van der Waals surface area contributed by atoms with Crippen LogP contribution in [0.2, 0.25) is 0 Å². The van der Waals surface area contributed by atoms with Crippen LogP contribution < -0.4 is 10.6 Å². The first-order valence-corrected chi connectivity index (χ1v) is 5.06. The summed E-state index contributed by atoms with van der Waals surface area (Å²) in [6.45, 7) is 2.01. The van der Waals surface area contributed by atoms with E-state index in [1.165, 1.54) is 0 Å². The molecule has 15 heavy (non-hydrogen) atoms. The van der Waals surface area contributed by atoms with Crippen molar-refractivity contribution < 1.29 is 4.79 Å². The zero-order valence-corrected chi connectivity index (χ0v) is 9.53. The minimum Gasteiger partial charge on any atom is -0.378 e. The minimum absolute atomic E-state index is 0.193. The van der Waals surface area contributed by atoms with Gasteiger partial charge in [0.25, 0.3) is 0 Å². The van der Waals surface area contributed by atoms with Crippen LogP contribution in [0.5, 0.6) is 0 Å². The fourth-order valence-electron chi connectivity index (χ4n) is 1.52. The molecule has 3 heteroatoms. The highest BCUT2D eigenvalue weighted by atomic mass is 16.1. The van der Waals surface area contributed by atoms with E-state index in [0.29, 0.717) is 6.42 Å². The first kappa shape index (κ1) is 11.6. The van der Waals surface area contributed by atoms with Crippen molar-refractivity contribution in [2.45, 2.75) is 19.3 Å². The summed E-state index contributed by atoms with van der Waals surface area (Å²) < 4.78 is 0. The van der Waals surface area contributed by atoms with Gasteiger partial charge < -0.3 is 10.6 Å². The van der Waals surface area contributed by atoms with Crippen LogP contribution in [0.15, 0.2) is 24.3 Å². The molecule has 0 heterocycles. The zero-order chi connectivity index (χ0) is 11.4. The second-order valence-electron chi connectivity index (χ2n) is 4.06. The van der Waals surface area contributed by atoms with E-state index in [1.54, 1.807) is 0 Å². The molecule has 0 saturated carbocycles. The van der Waals surface area contributed by atoms with Crippen LogP contribution in [0.1, 0.15) is 24.8 Å². The molecule has 3 nitrogen and oxygen atoms in total. The zero-order valence-electron chi connectivity index (χ0n) is 9.53. The Morgan fingerprint density at radius 1 is 1.33 bits per heavy atom. The first-order valence-electron chi connectivity index (χ1n) is 5.06. The predicted molar refractivity (Wildman–Crippen MR) is 63.0 cm³/mol. The van der Waals surface area contributed by atoms with Crippen molar-refractivity contribution in [1.82, 2.24) is 0 Å². The molecule has 1 rings (SSSR count). The number of nitrogens with two attached hydrogens (primary N) is 1. The van der Waals surface area contributed by atoms with Gasteiger partial charge in [0, 0.05) is 26.2 Å². The SMILES string of the molecule is CC(CC(N)=O)c1ccc(N(C)C)cc1. The van der Waals surface area contributed by atoms with Gasteiger partial charge in [-0.25, -0.2) is 0 Å². The number of carbonyl (C=O) groups is 1. The molecule has 0 aliphatic heterocycles. The fraction of sp³-hybridized carbons (Fsp3) is 0.417. The monoisotopic (exact) mass is 206 g/mol. The van der Waals surface area contributed by atoms with Gasteiger partial charge in [-0.2, -0.15) is 0 Å². The largest absolute Gasteiger partial charge is 0.378 e. The topological polar surface area (TPSA) is 46.3 Å². The van der Waals surface area contributed by atoms with Gasteiger partial charge >= 0.3 is 0 Å². The standard InChI is InChI=1S/C12H18N2O/c1-9(8-12(13)15)10-4-6-11(7-5-10)14(2)3/h4-7,9H,8H2,1-3H3,(H2,13,15). The smallest absolute Gasteiger partial charge is 0.218 e. The molecule has 0 aliphatic rings.